The first-order valence-electron chi connectivity index (χ1n) is 7.63. The molecule has 3 aromatic rings. The van der Waals surface area contributed by atoms with Crippen molar-refractivity contribution in [3.63, 3.8) is 0 Å². The van der Waals surface area contributed by atoms with Crippen LogP contribution in [0.5, 0.6) is 11.5 Å². The molecule has 10 nitrogen and oxygen atoms in total. The molecular weight excluding hydrogens is 356 g/mol. The Bertz CT molecular complexity index is 1150. The van der Waals surface area contributed by atoms with Crippen LogP contribution in [0.4, 0.5) is 0 Å². The van der Waals surface area contributed by atoms with Gasteiger partial charge in [-0.15, -0.1) is 0 Å². The molecule has 0 saturated carbocycles. The van der Waals surface area contributed by atoms with Gasteiger partial charge < -0.3 is 19.9 Å². The van der Waals surface area contributed by atoms with Crippen LogP contribution in [0, 0.1) is 0 Å². The number of fused-ring (bicyclic) bond motifs is 1. The van der Waals surface area contributed by atoms with E-state index in [0.717, 1.165) is 10.6 Å². The first-order valence-corrected chi connectivity index (χ1v) is 7.63. The summed E-state index contributed by atoms with van der Waals surface area (Å²) >= 11 is 0. The number of benzene rings is 1. The number of hydrogen-bond acceptors (Lipinski definition) is 6. The number of carboxylic acids is 1. The van der Waals surface area contributed by atoms with Crippen LogP contribution in [0.3, 0.4) is 0 Å². The van der Waals surface area contributed by atoms with Gasteiger partial charge in [-0.1, -0.05) is 6.07 Å². The molecule has 1 aromatic carbocycles. The first kappa shape index (κ1) is 19.5. The van der Waals surface area contributed by atoms with Crippen molar-refractivity contribution in [3.05, 3.63) is 57.0 Å². The third-order valence-corrected chi connectivity index (χ3v) is 3.73. The summed E-state index contributed by atoms with van der Waals surface area (Å²) in [7, 11) is 4.77. The van der Waals surface area contributed by atoms with Gasteiger partial charge in [0.1, 0.15) is 0 Å². The molecule has 0 spiro atoms. The summed E-state index contributed by atoms with van der Waals surface area (Å²) in [5, 5.41) is 26.3. The van der Waals surface area contributed by atoms with Crippen LogP contribution in [-0.4, -0.2) is 40.0 Å². The summed E-state index contributed by atoms with van der Waals surface area (Å²) in [4.78, 5) is 37.3. The molecule has 3 N–H and O–H groups in total. The number of aromatic hydroxyl groups is 2. The standard InChI is InChI=1S/C9H8O4.C8H10N4O2/c10-7-3-1-6(5-8(7)11)2-4-9(12)13;1-10-4-9-6-5(10)7(13)12(3)8(14)11(6)2/h1-5,10-11H,(H,12,13);4H,1-3H3/b4-2+;. The van der Waals surface area contributed by atoms with E-state index in [9.17, 15) is 14.4 Å². The number of aliphatic carboxylic acids is 1. The molecule has 2 heterocycles. The fourth-order valence-electron chi connectivity index (χ4n) is 2.28. The lowest BCUT2D eigenvalue weighted by molar-refractivity contribution is -0.131. The number of phenols is 2. The van der Waals surface area contributed by atoms with Gasteiger partial charge in [0.05, 0.1) is 6.33 Å². The van der Waals surface area contributed by atoms with Gasteiger partial charge in [-0.05, 0) is 23.8 Å². The van der Waals surface area contributed by atoms with E-state index in [1.165, 1.54) is 42.2 Å². The van der Waals surface area contributed by atoms with Crippen LogP contribution in [0.25, 0.3) is 17.2 Å². The second kappa shape index (κ2) is 7.60. The van der Waals surface area contributed by atoms with Crippen LogP contribution >= 0.6 is 0 Å². The maximum absolute atomic E-state index is 11.7. The van der Waals surface area contributed by atoms with Gasteiger partial charge in [-0.25, -0.2) is 14.6 Å². The van der Waals surface area contributed by atoms with Gasteiger partial charge in [0, 0.05) is 27.2 Å². The summed E-state index contributed by atoms with van der Waals surface area (Å²) < 4.78 is 4.04. The highest BCUT2D eigenvalue weighted by Gasteiger charge is 2.11. The van der Waals surface area contributed by atoms with E-state index in [2.05, 4.69) is 4.98 Å². The van der Waals surface area contributed by atoms with Crippen LogP contribution in [0.1, 0.15) is 5.56 Å². The lowest BCUT2D eigenvalue weighted by atomic mass is 10.2. The molecular formula is C17H18N4O6. The molecule has 142 valence electrons. The topological polar surface area (TPSA) is 140 Å². The number of carbonyl (C=O) groups is 1. The average Bonchev–Trinajstić information content (AvgIpc) is 3.01. The van der Waals surface area contributed by atoms with Crippen LogP contribution in [0.15, 0.2) is 40.2 Å². The Labute approximate surface area is 152 Å². The number of imidazole rings is 1. The maximum atomic E-state index is 11.7. The monoisotopic (exact) mass is 374 g/mol. The molecule has 3 rings (SSSR count). The molecule has 0 saturated heterocycles. The Hall–Kier alpha value is -3.82. The van der Waals surface area contributed by atoms with Crippen molar-refractivity contribution in [2.24, 2.45) is 21.1 Å². The van der Waals surface area contributed by atoms with Crippen molar-refractivity contribution in [2.75, 3.05) is 0 Å². The van der Waals surface area contributed by atoms with Crippen molar-refractivity contribution in [1.82, 2.24) is 18.7 Å². The predicted molar refractivity (Wildman–Crippen MR) is 97.6 cm³/mol. The van der Waals surface area contributed by atoms with Gasteiger partial charge in [-0.3, -0.25) is 13.9 Å². The molecule has 0 aliphatic heterocycles. The Balaban J connectivity index is 0.000000194. The zero-order chi connectivity index (χ0) is 20.3. The molecule has 0 radical (unpaired) electrons. The van der Waals surface area contributed by atoms with Crippen molar-refractivity contribution >= 4 is 23.2 Å². The fraction of sp³-hybridized carbons (Fsp3) is 0.176. The zero-order valence-electron chi connectivity index (χ0n) is 14.8. The third kappa shape index (κ3) is 4.06. The smallest absolute Gasteiger partial charge is 0.332 e. The molecule has 0 bridgehead atoms. The van der Waals surface area contributed by atoms with Crippen molar-refractivity contribution in [3.8, 4) is 11.5 Å². The number of carboxylic acid groups (broad SMARTS) is 1. The minimum Gasteiger partial charge on any atom is -0.504 e. The Morgan fingerprint density at radius 3 is 2.33 bits per heavy atom. The molecule has 0 unspecified atom stereocenters. The lowest BCUT2D eigenvalue weighted by Crippen LogP contribution is -2.37. The fourth-order valence-corrected chi connectivity index (χ4v) is 2.28. The number of aryl methyl sites for hydroxylation is 2. The molecule has 0 aliphatic rings. The van der Waals surface area contributed by atoms with E-state index in [4.69, 9.17) is 15.3 Å². The van der Waals surface area contributed by atoms with E-state index in [1.807, 2.05) is 0 Å². The maximum Gasteiger partial charge on any atom is 0.332 e. The van der Waals surface area contributed by atoms with Crippen LogP contribution < -0.4 is 11.2 Å². The molecule has 0 fully saturated rings. The van der Waals surface area contributed by atoms with E-state index in [0.29, 0.717) is 16.7 Å². The average molecular weight is 374 g/mol. The van der Waals surface area contributed by atoms with Crippen LogP contribution in [-0.2, 0) is 25.9 Å². The number of phenolic OH excluding ortho intramolecular Hbond substituents is 2. The summed E-state index contributed by atoms with van der Waals surface area (Å²) in [6.45, 7) is 0. The normalized spacial score (nSPS) is 10.8. The molecule has 0 aliphatic carbocycles. The summed E-state index contributed by atoms with van der Waals surface area (Å²) in [6.07, 6.45) is 3.79. The minimum atomic E-state index is -1.06. The van der Waals surface area contributed by atoms with Gasteiger partial charge in [-0.2, -0.15) is 0 Å². The van der Waals surface area contributed by atoms with Gasteiger partial charge in [0.15, 0.2) is 22.7 Å². The van der Waals surface area contributed by atoms with E-state index in [1.54, 1.807) is 18.7 Å². The SMILES string of the molecule is Cn1c(=O)c2c(ncn2C)n(C)c1=O.O=C(O)/C=C/c1ccc(O)c(O)c1. The second-order valence-corrected chi connectivity index (χ2v) is 5.65. The van der Waals surface area contributed by atoms with E-state index < -0.39 is 5.97 Å². The molecule has 10 heteroatoms. The van der Waals surface area contributed by atoms with Crippen molar-refractivity contribution in [2.45, 2.75) is 0 Å². The zero-order valence-corrected chi connectivity index (χ0v) is 14.8. The number of nitrogens with zero attached hydrogens (tertiary/aromatic N) is 4. The minimum absolute atomic E-state index is 0.229. The van der Waals surface area contributed by atoms with Crippen molar-refractivity contribution in [1.29, 1.82) is 0 Å². The second-order valence-electron chi connectivity index (χ2n) is 5.65. The molecule has 0 atom stereocenters. The van der Waals surface area contributed by atoms with Crippen molar-refractivity contribution < 1.29 is 20.1 Å². The quantitative estimate of drug-likeness (QED) is 0.429. The van der Waals surface area contributed by atoms with Gasteiger partial charge >= 0.3 is 11.7 Å². The van der Waals surface area contributed by atoms with Gasteiger partial charge in [0.2, 0.25) is 0 Å². The Morgan fingerprint density at radius 1 is 1.07 bits per heavy atom. The van der Waals surface area contributed by atoms with E-state index >= 15 is 0 Å². The number of aromatic nitrogens is 4. The first-order chi connectivity index (χ1) is 12.6. The third-order valence-electron chi connectivity index (χ3n) is 3.73. The predicted octanol–water partition coefficient (Wildman–Crippen LogP) is 0.166. The van der Waals surface area contributed by atoms with E-state index in [-0.39, 0.29) is 22.7 Å². The number of rotatable bonds is 2. The van der Waals surface area contributed by atoms with Gasteiger partial charge in [0.25, 0.3) is 5.56 Å². The largest absolute Gasteiger partial charge is 0.504 e. The Kier molecular flexibility index (Phi) is 5.49. The van der Waals surface area contributed by atoms with Crippen LogP contribution in [0.2, 0.25) is 0 Å². The lowest BCUT2D eigenvalue weighted by Gasteiger charge is -2.02. The summed E-state index contributed by atoms with van der Waals surface area (Å²) in [5.74, 6) is -1.56. The number of hydrogen-bond donors (Lipinski definition) is 3. The highest BCUT2D eigenvalue weighted by molar-refractivity contribution is 5.85. The summed E-state index contributed by atoms with van der Waals surface area (Å²) in [5.41, 5.74) is 0.692. The molecule has 27 heavy (non-hydrogen) atoms. The highest BCUT2D eigenvalue weighted by atomic mass is 16.4. The molecule has 0 amide bonds. The molecule has 2 aromatic heterocycles. The highest BCUT2D eigenvalue weighted by Crippen LogP contribution is 2.25. The summed E-state index contributed by atoms with van der Waals surface area (Å²) in [6, 6.07) is 4.06. The Morgan fingerprint density at radius 2 is 1.74 bits per heavy atom.